The van der Waals surface area contributed by atoms with E-state index in [1.54, 1.807) is 0 Å². The first-order valence-corrected chi connectivity index (χ1v) is 4.40. The van der Waals surface area contributed by atoms with Crippen LogP contribution in [0.25, 0.3) is 0 Å². The predicted octanol–water partition coefficient (Wildman–Crippen LogP) is 2.70. The normalized spacial score (nSPS) is 42.1. The van der Waals surface area contributed by atoms with Crippen LogP contribution in [0.2, 0.25) is 0 Å². The molecule has 0 aliphatic heterocycles. The van der Waals surface area contributed by atoms with Gasteiger partial charge in [-0.15, -0.1) is 0 Å². The minimum Gasteiger partial charge on any atom is -0.0983 e. The Morgan fingerprint density at radius 3 is 2.90 bits per heavy atom. The van der Waals surface area contributed by atoms with Crippen LogP contribution >= 0.6 is 15.9 Å². The fourth-order valence-electron chi connectivity index (χ4n) is 2.01. The Hall–Kier alpha value is -0.220. The van der Waals surface area contributed by atoms with E-state index in [0.29, 0.717) is 0 Å². The minimum atomic E-state index is 0.267. The van der Waals surface area contributed by atoms with Gasteiger partial charge in [0.1, 0.15) is 0 Å². The van der Waals surface area contributed by atoms with E-state index in [4.69, 9.17) is 0 Å². The Morgan fingerprint density at radius 1 is 1.70 bits per heavy atom. The van der Waals surface area contributed by atoms with E-state index in [0.717, 1.165) is 5.92 Å². The Balaban J connectivity index is 2.30. The molecule has 0 radical (unpaired) electrons. The third kappa shape index (κ3) is 0.632. The Morgan fingerprint density at radius 2 is 2.50 bits per heavy atom. The summed E-state index contributed by atoms with van der Waals surface area (Å²) < 4.78 is 0. The summed E-state index contributed by atoms with van der Waals surface area (Å²) in [7, 11) is 0. The van der Waals surface area contributed by atoms with Crippen LogP contribution in [0, 0.1) is 22.1 Å². The van der Waals surface area contributed by atoms with Crippen LogP contribution < -0.4 is 0 Å². The summed E-state index contributed by atoms with van der Waals surface area (Å²) in [5.41, 5.74) is 1.63. The Kier molecular flexibility index (Phi) is 1.22. The maximum atomic E-state index is 4.04. The standard InChI is InChI=1S/C9H9Br/c1-7-2-3-8-6-9(7,8)4-5-10/h8H,1-3,6H2/t8-,9-/m1/s1. The first kappa shape index (κ1) is 6.49. The molecule has 2 aliphatic carbocycles. The smallest absolute Gasteiger partial charge is 0.0561 e. The largest absolute Gasteiger partial charge is 0.0983 e. The van der Waals surface area contributed by atoms with Gasteiger partial charge in [-0.1, -0.05) is 18.1 Å². The maximum absolute atomic E-state index is 4.04. The van der Waals surface area contributed by atoms with Crippen molar-refractivity contribution in [2.45, 2.75) is 19.3 Å². The van der Waals surface area contributed by atoms with Gasteiger partial charge < -0.3 is 0 Å². The lowest BCUT2D eigenvalue weighted by atomic mass is 10.0. The second kappa shape index (κ2) is 1.89. The van der Waals surface area contributed by atoms with Crippen LogP contribution in [0.3, 0.4) is 0 Å². The first-order chi connectivity index (χ1) is 4.79. The topological polar surface area (TPSA) is 0 Å². The summed E-state index contributed by atoms with van der Waals surface area (Å²) >= 11 is 3.15. The van der Waals surface area contributed by atoms with Crippen molar-refractivity contribution in [3.05, 3.63) is 12.2 Å². The summed E-state index contributed by atoms with van der Waals surface area (Å²) in [6.45, 7) is 4.04. The molecule has 2 atom stereocenters. The zero-order valence-electron chi connectivity index (χ0n) is 5.78. The molecule has 2 fully saturated rings. The van der Waals surface area contributed by atoms with Crippen molar-refractivity contribution in [3.63, 3.8) is 0 Å². The van der Waals surface area contributed by atoms with Gasteiger partial charge >= 0.3 is 0 Å². The molecule has 0 saturated heterocycles. The van der Waals surface area contributed by atoms with Gasteiger partial charge in [-0.25, -0.2) is 0 Å². The molecule has 10 heavy (non-hydrogen) atoms. The monoisotopic (exact) mass is 196 g/mol. The minimum absolute atomic E-state index is 0.267. The fraction of sp³-hybridized carbons (Fsp3) is 0.556. The van der Waals surface area contributed by atoms with Crippen molar-refractivity contribution in [2.24, 2.45) is 11.3 Å². The van der Waals surface area contributed by atoms with Gasteiger partial charge in [0.05, 0.1) is 5.41 Å². The van der Waals surface area contributed by atoms with E-state index >= 15 is 0 Å². The molecule has 0 unspecified atom stereocenters. The molecule has 0 spiro atoms. The fourth-order valence-corrected chi connectivity index (χ4v) is 2.36. The summed E-state index contributed by atoms with van der Waals surface area (Å²) in [6.07, 6.45) is 3.79. The van der Waals surface area contributed by atoms with Gasteiger partial charge in [0, 0.05) is 15.9 Å². The number of fused-ring (bicyclic) bond motifs is 1. The highest BCUT2D eigenvalue weighted by Crippen LogP contribution is 2.65. The predicted molar refractivity (Wildman–Crippen MR) is 45.6 cm³/mol. The lowest BCUT2D eigenvalue weighted by Crippen LogP contribution is -1.95. The third-order valence-corrected chi connectivity index (χ3v) is 3.00. The number of hydrogen-bond donors (Lipinski definition) is 0. The molecule has 2 aliphatic rings. The molecule has 0 N–H and O–H groups in total. The van der Waals surface area contributed by atoms with Gasteiger partial charge in [0.25, 0.3) is 0 Å². The van der Waals surface area contributed by atoms with Crippen LogP contribution in [0.5, 0.6) is 0 Å². The van der Waals surface area contributed by atoms with Gasteiger partial charge in [-0.05, 0) is 30.0 Å². The van der Waals surface area contributed by atoms with E-state index in [1.165, 1.54) is 24.8 Å². The highest BCUT2D eigenvalue weighted by Gasteiger charge is 2.58. The lowest BCUT2D eigenvalue weighted by Gasteiger charge is -2.03. The second-order valence-electron chi connectivity index (χ2n) is 3.23. The molecular formula is C9H9Br. The molecule has 0 aromatic carbocycles. The second-order valence-corrected chi connectivity index (χ2v) is 3.63. The lowest BCUT2D eigenvalue weighted by molar-refractivity contribution is 0.760. The Labute approximate surface area is 69.8 Å². The van der Waals surface area contributed by atoms with Crippen LogP contribution in [0.4, 0.5) is 0 Å². The molecule has 0 bridgehead atoms. The zero-order valence-corrected chi connectivity index (χ0v) is 7.37. The molecule has 2 rings (SSSR count). The van der Waals surface area contributed by atoms with E-state index in [2.05, 4.69) is 33.3 Å². The number of halogens is 1. The summed E-state index contributed by atoms with van der Waals surface area (Å²) in [4.78, 5) is 2.82. The SMILES string of the molecule is C=C1CC[C@@H]2C[C@]12C#CBr. The number of hydrogen-bond acceptors (Lipinski definition) is 0. The van der Waals surface area contributed by atoms with Crippen molar-refractivity contribution in [3.8, 4) is 10.8 Å². The van der Waals surface area contributed by atoms with Gasteiger partial charge in [0.2, 0.25) is 0 Å². The van der Waals surface area contributed by atoms with E-state index in [9.17, 15) is 0 Å². The van der Waals surface area contributed by atoms with Gasteiger partial charge in [-0.2, -0.15) is 0 Å². The summed E-state index contributed by atoms with van der Waals surface area (Å²) in [5, 5.41) is 0. The van der Waals surface area contributed by atoms with Crippen molar-refractivity contribution < 1.29 is 0 Å². The molecule has 2 saturated carbocycles. The highest BCUT2D eigenvalue weighted by atomic mass is 79.9. The summed E-state index contributed by atoms with van der Waals surface area (Å²) in [5.74, 6) is 4.06. The molecule has 0 heterocycles. The van der Waals surface area contributed by atoms with E-state index in [-0.39, 0.29) is 5.41 Å². The molecule has 0 aromatic rings. The van der Waals surface area contributed by atoms with E-state index < -0.39 is 0 Å². The van der Waals surface area contributed by atoms with Crippen LogP contribution in [0.15, 0.2) is 12.2 Å². The van der Waals surface area contributed by atoms with Gasteiger partial charge in [-0.3, -0.25) is 0 Å². The third-order valence-electron chi connectivity index (χ3n) is 2.80. The Bertz CT molecular complexity index is 243. The summed E-state index contributed by atoms with van der Waals surface area (Å²) in [6, 6.07) is 0. The number of allylic oxidation sites excluding steroid dienone is 1. The molecule has 0 aromatic heterocycles. The van der Waals surface area contributed by atoms with Crippen molar-refractivity contribution in [2.75, 3.05) is 0 Å². The van der Waals surface area contributed by atoms with Crippen LogP contribution in [-0.4, -0.2) is 0 Å². The van der Waals surface area contributed by atoms with E-state index in [1.807, 2.05) is 0 Å². The maximum Gasteiger partial charge on any atom is 0.0561 e. The molecule has 52 valence electrons. The van der Waals surface area contributed by atoms with Crippen molar-refractivity contribution in [1.82, 2.24) is 0 Å². The van der Waals surface area contributed by atoms with Gasteiger partial charge in [0.15, 0.2) is 0 Å². The average molecular weight is 197 g/mol. The zero-order chi connectivity index (χ0) is 7.19. The molecule has 0 nitrogen and oxygen atoms in total. The molecule has 1 heteroatoms. The average Bonchev–Trinajstić information content (AvgIpc) is 2.53. The van der Waals surface area contributed by atoms with Crippen molar-refractivity contribution in [1.29, 1.82) is 0 Å². The van der Waals surface area contributed by atoms with Crippen LogP contribution in [-0.2, 0) is 0 Å². The molecule has 0 amide bonds. The highest BCUT2D eigenvalue weighted by molar-refractivity contribution is 9.12. The van der Waals surface area contributed by atoms with Crippen LogP contribution in [0.1, 0.15) is 19.3 Å². The first-order valence-electron chi connectivity index (χ1n) is 3.60. The van der Waals surface area contributed by atoms with Crippen molar-refractivity contribution >= 4 is 15.9 Å². The molecular weight excluding hydrogens is 188 g/mol. The quantitative estimate of drug-likeness (QED) is 0.413. The number of rotatable bonds is 0.